The van der Waals surface area contributed by atoms with Gasteiger partial charge in [-0.25, -0.2) is 0 Å². The second-order valence-corrected chi connectivity index (χ2v) is 4.65. The fraction of sp³-hybridized carbons (Fsp3) is 0.231. The first kappa shape index (κ1) is 15.3. The molecule has 0 saturated carbocycles. The van der Waals surface area contributed by atoms with Crippen LogP contribution in [0.4, 0.5) is 13.2 Å². The molecule has 0 amide bonds. The highest BCUT2D eigenvalue weighted by Crippen LogP contribution is 2.32. The second-order valence-electron chi connectivity index (χ2n) is 3.50. The van der Waals surface area contributed by atoms with Crippen LogP contribution < -0.4 is 0 Å². The van der Waals surface area contributed by atoms with Gasteiger partial charge in [-0.1, -0.05) is 29.7 Å². The number of hydrogen-bond acceptors (Lipinski definition) is 3. The largest absolute Gasteiger partial charge is 0.417 e. The van der Waals surface area contributed by atoms with E-state index < -0.39 is 11.7 Å². The first-order valence-corrected chi connectivity index (χ1v) is 6.12. The van der Waals surface area contributed by atoms with Crippen molar-refractivity contribution < 1.29 is 22.8 Å². The van der Waals surface area contributed by atoms with E-state index in [-0.39, 0.29) is 22.0 Å². The Hall–Kier alpha value is -1.74. The molecule has 0 aliphatic heterocycles. The number of benzene rings is 1. The molecule has 0 aliphatic rings. The van der Waals surface area contributed by atoms with Gasteiger partial charge in [0.1, 0.15) is 6.29 Å². The Kier molecular flexibility index (Phi) is 5.19. The molecule has 0 aromatic heterocycles. The second kappa shape index (κ2) is 6.43. The van der Waals surface area contributed by atoms with Crippen LogP contribution in [0.3, 0.4) is 0 Å². The number of halogens is 3. The minimum Gasteiger partial charge on any atom is -0.298 e. The molecule has 0 atom stereocenters. The summed E-state index contributed by atoms with van der Waals surface area (Å²) in [6.07, 6.45) is -4.23. The predicted molar refractivity (Wildman–Crippen MR) is 66.8 cm³/mol. The number of thioether (sulfide) groups is 1. The van der Waals surface area contributed by atoms with Gasteiger partial charge in [0.05, 0.1) is 11.3 Å². The molecule has 0 unspecified atom stereocenters. The highest BCUT2D eigenvalue weighted by atomic mass is 32.2. The summed E-state index contributed by atoms with van der Waals surface area (Å²) in [6.45, 7) is 1.35. The van der Waals surface area contributed by atoms with Gasteiger partial charge in [0.15, 0.2) is 5.12 Å². The molecule has 6 heteroatoms. The molecule has 100 valence electrons. The van der Waals surface area contributed by atoms with Crippen LogP contribution >= 0.6 is 11.8 Å². The molecule has 0 radical (unpaired) electrons. The Labute approximate surface area is 112 Å². The van der Waals surface area contributed by atoms with Crippen molar-refractivity contribution in [2.75, 3.05) is 5.75 Å². The van der Waals surface area contributed by atoms with Gasteiger partial charge in [-0.15, -0.1) is 0 Å². The molecule has 0 heterocycles. The molecule has 0 saturated heterocycles. The standard InChI is InChI=1S/C13H9F3O2S/c1-9(18)19-6-2-3-11-5-4-10(8-17)7-12(11)13(14,15)16/h4-5,7-8H,6H2,1H3. The van der Waals surface area contributed by atoms with Crippen LogP contribution in [0.1, 0.15) is 28.4 Å². The van der Waals surface area contributed by atoms with Gasteiger partial charge in [0.25, 0.3) is 0 Å². The molecule has 2 nitrogen and oxygen atoms in total. The molecule has 0 N–H and O–H groups in total. The molecular weight excluding hydrogens is 277 g/mol. The van der Waals surface area contributed by atoms with E-state index in [1.807, 2.05) is 0 Å². The maximum absolute atomic E-state index is 12.8. The third-order valence-electron chi connectivity index (χ3n) is 2.06. The molecule has 0 aliphatic carbocycles. The van der Waals surface area contributed by atoms with E-state index in [1.54, 1.807) is 0 Å². The van der Waals surface area contributed by atoms with Crippen LogP contribution in [0.5, 0.6) is 0 Å². The minimum absolute atomic E-state index is 0.0593. The lowest BCUT2D eigenvalue weighted by molar-refractivity contribution is -0.137. The number of carbonyl (C=O) groups excluding carboxylic acids is 2. The lowest BCUT2D eigenvalue weighted by Gasteiger charge is -2.09. The highest BCUT2D eigenvalue weighted by Gasteiger charge is 2.33. The highest BCUT2D eigenvalue weighted by molar-refractivity contribution is 8.13. The first-order chi connectivity index (χ1) is 8.84. The monoisotopic (exact) mass is 286 g/mol. The number of carbonyl (C=O) groups is 2. The Morgan fingerprint density at radius 2 is 2.11 bits per heavy atom. The van der Waals surface area contributed by atoms with E-state index in [9.17, 15) is 22.8 Å². The van der Waals surface area contributed by atoms with Crippen LogP contribution in [-0.2, 0) is 11.0 Å². The number of aldehydes is 1. The average molecular weight is 286 g/mol. The van der Waals surface area contributed by atoms with Gasteiger partial charge in [-0.2, -0.15) is 13.2 Å². The summed E-state index contributed by atoms with van der Waals surface area (Å²) in [5.74, 6) is 4.98. The third-order valence-corrected chi connectivity index (χ3v) is 2.75. The maximum Gasteiger partial charge on any atom is 0.417 e. The predicted octanol–water partition coefficient (Wildman–Crippen LogP) is 3.15. The van der Waals surface area contributed by atoms with Gasteiger partial charge in [-0.3, -0.25) is 9.59 Å². The summed E-state index contributed by atoms with van der Waals surface area (Å²) in [7, 11) is 0. The summed E-state index contributed by atoms with van der Waals surface area (Å²) in [6, 6.07) is 3.18. The lowest BCUT2D eigenvalue weighted by atomic mass is 10.0. The molecule has 19 heavy (non-hydrogen) atoms. The summed E-state index contributed by atoms with van der Waals surface area (Å²) in [5, 5.41) is -0.151. The fourth-order valence-corrected chi connectivity index (χ4v) is 1.60. The molecule has 0 spiro atoms. The Morgan fingerprint density at radius 3 is 2.63 bits per heavy atom. The first-order valence-electron chi connectivity index (χ1n) is 5.13. The summed E-state index contributed by atoms with van der Waals surface area (Å²) >= 11 is 0.922. The molecule has 1 rings (SSSR count). The number of rotatable bonds is 2. The van der Waals surface area contributed by atoms with Crippen molar-refractivity contribution in [2.45, 2.75) is 13.1 Å². The van der Waals surface area contributed by atoms with Crippen LogP contribution in [0.15, 0.2) is 18.2 Å². The number of hydrogen-bond donors (Lipinski definition) is 0. The molecule has 1 aromatic rings. The van der Waals surface area contributed by atoms with E-state index in [4.69, 9.17) is 0 Å². The Bertz CT molecular complexity index is 553. The van der Waals surface area contributed by atoms with Gasteiger partial charge < -0.3 is 0 Å². The van der Waals surface area contributed by atoms with Crippen LogP contribution in [0.2, 0.25) is 0 Å². The van der Waals surface area contributed by atoms with Crippen molar-refractivity contribution in [3.8, 4) is 11.8 Å². The zero-order valence-electron chi connectivity index (χ0n) is 9.88. The summed E-state index contributed by atoms with van der Waals surface area (Å²) in [5.41, 5.74) is -1.21. The lowest BCUT2D eigenvalue weighted by Crippen LogP contribution is -2.08. The van der Waals surface area contributed by atoms with E-state index in [0.29, 0.717) is 6.29 Å². The van der Waals surface area contributed by atoms with Crippen molar-refractivity contribution in [2.24, 2.45) is 0 Å². The maximum atomic E-state index is 12.8. The van der Waals surface area contributed by atoms with Crippen molar-refractivity contribution in [1.29, 1.82) is 0 Å². The smallest absolute Gasteiger partial charge is 0.298 e. The van der Waals surface area contributed by atoms with Crippen LogP contribution in [0, 0.1) is 11.8 Å². The molecule has 0 fully saturated rings. The quantitative estimate of drug-likeness (QED) is 0.618. The van der Waals surface area contributed by atoms with E-state index in [2.05, 4.69) is 11.8 Å². The van der Waals surface area contributed by atoms with Crippen molar-refractivity contribution in [3.63, 3.8) is 0 Å². The topological polar surface area (TPSA) is 34.1 Å². The van der Waals surface area contributed by atoms with Crippen LogP contribution in [0.25, 0.3) is 0 Å². The van der Waals surface area contributed by atoms with Crippen molar-refractivity contribution in [3.05, 3.63) is 34.9 Å². The summed E-state index contributed by atoms with van der Waals surface area (Å²) in [4.78, 5) is 21.1. The third kappa shape index (κ3) is 4.79. The Morgan fingerprint density at radius 1 is 1.42 bits per heavy atom. The SMILES string of the molecule is CC(=O)SCC#Cc1ccc(C=O)cc1C(F)(F)F. The van der Waals surface area contributed by atoms with Crippen molar-refractivity contribution in [1.82, 2.24) is 0 Å². The van der Waals surface area contributed by atoms with E-state index >= 15 is 0 Å². The normalized spacial score (nSPS) is 10.5. The zero-order valence-corrected chi connectivity index (χ0v) is 10.7. The fourth-order valence-electron chi connectivity index (χ4n) is 1.25. The van der Waals surface area contributed by atoms with Crippen molar-refractivity contribution >= 4 is 23.2 Å². The van der Waals surface area contributed by atoms with Gasteiger partial charge >= 0.3 is 6.18 Å². The van der Waals surface area contributed by atoms with Gasteiger partial charge in [-0.05, 0) is 12.1 Å². The minimum atomic E-state index is -4.57. The number of alkyl halides is 3. The molecule has 0 bridgehead atoms. The van der Waals surface area contributed by atoms with Gasteiger partial charge in [0.2, 0.25) is 0 Å². The van der Waals surface area contributed by atoms with E-state index in [1.165, 1.54) is 13.0 Å². The Balaban J connectivity index is 3.06. The average Bonchev–Trinajstić information content (AvgIpc) is 2.33. The molecular formula is C13H9F3O2S. The van der Waals surface area contributed by atoms with Crippen LogP contribution in [-0.4, -0.2) is 17.2 Å². The summed E-state index contributed by atoms with van der Waals surface area (Å²) < 4.78 is 38.3. The molecule has 1 aromatic carbocycles. The van der Waals surface area contributed by atoms with Gasteiger partial charge in [0, 0.05) is 18.1 Å². The van der Waals surface area contributed by atoms with E-state index in [0.717, 1.165) is 23.9 Å². The zero-order chi connectivity index (χ0) is 14.5.